The van der Waals surface area contributed by atoms with Crippen molar-refractivity contribution in [2.24, 2.45) is 0 Å². The number of aliphatic hydroxyl groups is 1. The van der Waals surface area contributed by atoms with E-state index < -0.39 is 18.0 Å². The molecule has 1 rings (SSSR count). The van der Waals surface area contributed by atoms with E-state index in [1.807, 2.05) is 0 Å². The molecule has 0 amide bonds. The molecule has 0 fully saturated rings. The third-order valence-corrected chi connectivity index (χ3v) is 3.20. The van der Waals surface area contributed by atoms with Crippen LogP contribution in [-0.2, 0) is 4.74 Å². The number of hydrogen-bond donors (Lipinski definition) is 1. The van der Waals surface area contributed by atoms with Crippen LogP contribution in [0.3, 0.4) is 0 Å². The molecule has 0 radical (unpaired) electrons. The van der Waals surface area contributed by atoms with Crippen molar-refractivity contribution in [3.8, 4) is 0 Å². The zero-order valence-corrected chi connectivity index (χ0v) is 11.4. The quantitative estimate of drug-likeness (QED) is 0.835. The van der Waals surface area contributed by atoms with E-state index in [9.17, 15) is 18.3 Å². The van der Waals surface area contributed by atoms with Crippen LogP contribution in [0.4, 0.5) is 13.2 Å². The van der Waals surface area contributed by atoms with Crippen LogP contribution in [0, 0.1) is 0 Å². The standard InChI is InChI=1S/C13H15F3O2S/c1-3-18-12(13(14,15)16)11(19-2)10(17)9-7-5-4-6-8-9/h4-8,10,17H,3H2,1-2H3/b12-11+. The number of rotatable bonds is 5. The van der Waals surface area contributed by atoms with Crippen LogP contribution in [0.15, 0.2) is 41.0 Å². The summed E-state index contributed by atoms with van der Waals surface area (Å²) >= 11 is 0.832. The Balaban J connectivity index is 3.22. The largest absolute Gasteiger partial charge is 0.489 e. The molecule has 6 heteroatoms. The van der Waals surface area contributed by atoms with Crippen LogP contribution in [-0.4, -0.2) is 24.1 Å². The number of aliphatic hydroxyl groups excluding tert-OH is 1. The summed E-state index contributed by atoms with van der Waals surface area (Å²) in [5, 5.41) is 10.1. The lowest BCUT2D eigenvalue weighted by molar-refractivity contribution is -0.131. The maximum absolute atomic E-state index is 12.9. The number of benzene rings is 1. The maximum Gasteiger partial charge on any atom is 0.449 e. The fraction of sp³-hybridized carbons (Fsp3) is 0.385. The average molecular weight is 292 g/mol. The second-order valence-electron chi connectivity index (χ2n) is 3.64. The minimum absolute atomic E-state index is 0.111. The summed E-state index contributed by atoms with van der Waals surface area (Å²) in [4.78, 5) is -0.236. The summed E-state index contributed by atoms with van der Waals surface area (Å²) in [5.41, 5.74) is 0.397. The van der Waals surface area contributed by atoms with Gasteiger partial charge in [-0.05, 0) is 18.7 Å². The SMILES string of the molecule is CCO/C(=C(/SC)C(O)c1ccccc1)C(F)(F)F. The normalized spacial score (nSPS) is 14.8. The smallest absolute Gasteiger partial charge is 0.449 e. The zero-order chi connectivity index (χ0) is 14.5. The molecule has 0 aliphatic rings. The highest BCUT2D eigenvalue weighted by Gasteiger charge is 2.40. The van der Waals surface area contributed by atoms with Crippen molar-refractivity contribution < 1.29 is 23.0 Å². The molecule has 0 aliphatic heterocycles. The Morgan fingerprint density at radius 3 is 2.32 bits per heavy atom. The molecule has 2 nitrogen and oxygen atoms in total. The number of hydrogen-bond acceptors (Lipinski definition) is 3. The minimum Gasteiger partial charge on any atom is -0.489 e. The number of allylic oxidation sites excluding steroid dienone is 1. The average Bonchev–Trinajstić information content (AvgIpc) is 2.38. The third kappa shape index (κ3) is 4.18. The van der Waals surface area contributed by atoms with E-state index in [-0.39, 0.29) is 11.5 Å². The van der Waals surface area contributed by atoms with E-state index in [0.717, 1.165) is 11.8 Å². The second-order valence-corrected chi connectivity index (χ2v) is 4.49. The molecule has 1 aromatic carbocycles. The van der Waals surface area contributed by atoms with Crippen LogP contribution in [0.5, 0.6) is 0 Å². The van der Waals surface area contributed by atoms with E-state index in [1.54, 1.807) is 30.3 Å². The van der Waals surface area contributed by atoms with Gasteiger partial charge in [-0.2, -0.15) is 13.2 Å². The van der Waals surface area contributed by atoms with E-state index in [0.29, 0.717) is 5.56 Å². The van der Waals surface area contributed by atoms with E-state index >= 15 is 0 Å². The first-order chi connectivity index (χ1) is 8.91. The summed E-state index contributed by atoms with van der Waals surface area (Å²) < 4.78 is 43.4. The first-order valence-corrected chi connectivity index (χ1v) is 6.85. The first kappa shape index (κ1) is 15.9. The lowest BCUT2D eigenvalue weighted by Gasteiger charge is -2.20. The van der Waals surface area contributed by atoms with E-state index in [2.05, 4.69) is 4.74 Å². The van der Waals surface area contributed by atoms with Crippen molar-refractivity contribution in [2.45, 2.75) is 19.2 Å². The highest BCUT2D eigenvalue weighted by atomic mass is 32.2. The monoisotopic (exact) mass is 292 g/mol. The molecule has 1 aromatic rings. The summed E-state index contributed by atoms with van der Waals surface area (Å²) in [7, 11) is 0. The Hall–Kier alpha value is -1.14. The summed E-state index contributed by atoms with van der Waals surface area (Å²) in [6.07, 6.45) is -4.49. The number of halogens is 3. The molecule has 106 valence electrons. The molecule has 0 heterocycles. The summed E-state index contributed by atoms with van der Waals surface area (Å²) in [6.45, 7) is 1.36. The van der Waals surface area contributed by atoms with Gasteiger partial charge in [0.15, 0.2) is 0 Å². The topological polar surface area (TPSA) is 29.5 Å². The Morgan fingerprint density at radius 1 is 1.32 bits per heavy atom. The Kier molecular flexibility index (Phi) is 5.75. The van der Waals surface area contributed by atoms with Gasteiger partial charge in [-0.15, -0.1) is 11.8 Å². The van der Waals surface area contributed by atoms with Gasteiger partial charge in [0.2, 0.25) is 5.76 Å². The van der Waals surface area contributed by atoms with Crippen molar-refractivity contribution in [3.63, 3.8) is 0 Å². The van der Waals surface area contributed by atoms with Gasteiger partial charge in [-0.25, -0.2) is 0 Å². The molecule has 1 N–H and O–H groups in total. The van der Waals surface area contributed by atoms with E-state index in [1.165, 1.54) is 13.2 Å². The van der Waals surface area contributed by atoms with Gasteiger partial charge in [0.25, 0.3) is 0 Å². The Labute approximate surface area is 114 Å². The van der Waals surface area contributed by atoms with Crippen molar-refractivity contribution in [1.29, 1.82) is 0 Å². The van der Waals surface area contributed by atoms with Crippen molar-refractivity contribution in [3.05, 3.63) is 46.6 Å². The number of ether oxygens (including phenoxy) is 1. The predicted molar refractivity (Wildman–Crippen MR) is 69.6 cm³/mol. The fourth-order valence-corrected chi connectivity index (χ4v) is 2.27. The Morgan fingerprint density at radius 2 is 1.89 bits per heavy atom. The lowest BCUT2D eigenvalue weighted by atomic mass is 10.1. The number of alkyl halides is 3. The molecular weight excluding hydrogens is 277 g/mol. The van der Waals surface area contributed by atoms with Gasteiger partial charge in [0.05, 0.1) is 11.5 Å². The van der Waals surface area contributed by atoms with Gasteiger partial charge in [0.1, 0.15) is 6.10 Å². The van der Waals surface area contributed by atoms with Gasteiger partial charge >= 0.3 is 6.18 Å². The predicted octanol–water partition coefficient (Wildman–Crippen LogP) is 3.89. The van der Waals surface area contributed by atoms with Crippen molar-refractivity contribution in [2.75, 3.05) is 12.9 Å². The van der Waals surface area contributed by atoms with Crippen LogP contribution in [0.25, 0.3) is 0 Å². The van der Waals surface area contributed by atoms with Crippen LogP contribution in [0.1, 0.15) is 18.6 Å². The van der Waals surface area contributed by atoms with E-state index in [4.69, 9.17) is 0 Å². The summed E-state index contributed by atoms with van der Waals surface area (Å²) in [5.74, 6) is -1.13. The maximum atomic E-state index is 12.9. The molecule has 0 bridgehead atoms. The molecule has 1 unspecified atom stereocenters. The van der Waals surface area contributed by atoms with Gasteiger partial charge in [-0.1, -0.05) is 30.3 Å². The van der Waals surface area contributed by atoms with Gasteiger partial charge in [0, 0.05) is 0 Å². The fourth-order valence-electron chi connectivity index (χ4n) is 1.55. The van der Waals surface area contributed by atoms with Crippen LogP contribution >= 0.6 is 11.8 Å². The molecule has 0 saturated heterocycles. The van der Waals surface area contributed by atoms with Crippen molar-refractivity contribution in [1.82, 2.24) is 0 Å². The van der Waals surface area contributed by atoms with Gasteiger partial charge in [-0.3, -0.25) is 0 Å². The summed E-state index contributed by atoms with van der Waals surface area (Å²) in [6, 6.07) is 8.18. The van der Waals surface area contributed by atoms with Crippen molar-refractivity contribution >= 4 is 11.8 Å². The number of thioether (sulfide) groups is 1. The molecule has 19 heavy (non-hydrogen) atoms. The highest BCUT2D eigenvalue weighted by Crippen LogP contribution is 2.39. The molecular formula is C13H15F3O2S. The van der Waals surface area contributed by atoms with Crippen LogP contribution < -0.4 is 0 Å². The van der Waals surface area contributed by atoms with Crippen LogP contribution in [0.2, 0.25) is 0 Å². The molecule has 0 saturated carbocycles. The molecule has 0 spiro atoms. The lowest BCUT2D eigenvalue weighted by Crippen LogP contribution is -2.19. The molecule has 0 aliphatic carbocycles. The minimum atomic E-state index is -4.62. The second kappa shape index (κ2) is 6.86. The first-order valence-electron chi connectivity index (χ1n) is 5.63. The van der Waals surface area contributed by atoms with Gasteiger partial charge < -0.3 is 9.84 Å². The highest BCUT2D eigenvalue weighted by molar-refractivity contribution is 8.02. The molecule has 1 atom stereocenters. The third-order valence-electron chi connectivity index (χ3n) is 2.35. The Bertz CT molecular complexity index is 429. The molecule has 0 aromatic heterocycles. The zero-order valence-electron chi connectivity index (χ0n) is 10.6.